The Morgan fingerprint density at radius 2 is 2.21 bits per heavy atom. The summed E-state index contributed by atoms with van der Waals surface area (Å²) < 4.78 is 0. The number of aliphatic carboxylic acids is 1. The average Bonchev–Trinajstić information content (AvgIpc) is 2.95. The van der Waals surface area contributed by atoms with E-state index in [0.29, 0.717) is 12.5 Å². The van der Waals surface area contributed by atoms with Crippen LogP contribution in [0.5, 0.6) is 0 Å². The van der Waals surface area contributed by atoms with Gasteiger partial charge in [0.25, 0.3) is 0 Å². The maximum Gasteiger partial charge on any atom is 0.308 e. The number of carbonyl (C=O) groups is 1. The molecule has 3 rings (SSSR count). The summed E-state index contributed by atoms with van der Waals surface area (Å²) in [4.78, 5) is 14.9. The van der Waals surface area contributed by atoms with Gasteiger partial charge < -0.3 is 10.0 Å². The molecular formula is C15H19NO2S. The van der Waals surface area contributed by atoms with Crippen molar-refractivity contribution in [1.82, 2.24) is 4.90 Å². The molecule has 0 saturated carbocycles. The summed E-state index contributed by atoms with van der Waals surface area (Å²) >= 11 is 1.92. The van der Waals surface area contributed by atoms with Crippen molar-refractivity contribution < 1.29 is 9.90 Å². The number of rotatable bonds is 3. The minimum absolute atomic E-state index is 0.190. The van der Waals surface area contributed by atoms with Crippen LogP contribution in [-0.2, 0) is 4.79 Å². The first-order chi connectivity index (χ1) is 9.15. The minimum Gasteiger partial charge on any atom is -0.481 e. The van der Waals surface area contributed by atoms with Crippen LogP contribution < -0.4 is 0 Å². The van der Waals surface area contributed by atoms with Crippen LogP contribution in [0.1, 0.15) is 18.4 Å². The highest BCUT2D eigenvalue weighted by atomic mass is 32.2. The maximum atomic E-state index is 11.2. The zero-order chi connectivity index (χ0) is 13.4. The van der Waals surface area contributed by atoms with E-state index in [1.807, 2.05) is 11.8 Å². The fourth-order valence-corrected chi connectivity index (χ4v) is 4.47. The van der Waals surface area contributed by atoms with Gasteiger partial charge in [-0.2, -0.15) is 0 Å². The van der Waals surface area contributed by atoms with Crippen LogP contribution in [0.2, 0.25) is 0 Å². The summed E-state index contributed by atoms with van der Waals surface area (Å²) in [6.45, 7) is 4.67. The van der Waals surface area contributed by atoms with Crippen molar-refractivity contribution in [2.45, 2.75) is 17.7 Å². The molecule has 0 radical (unpaired) electrons. The molecule has 0 bridgehead atoms. The molecule has 1 fully saturated rings. The molecule has 0 spiro atoms. The molecule has 19 heavy (non-hydrogen) atoms. The van der Waals surface area contributed by atoms with Gasteiger partial charge >= 0.3 is 5.97 Å². The summed E-state index contributed by atoms with van der Waals surface area (Å²) in [7, 11) is 0. The van der Waals surface area contributed by atoms with E-state index in [1.165, 1.54) is 10.5 Å². The minimum atomic E-state index is -0.642. The smallest absolute Gasteiger partial charge is 0.308 e. The second kappa shape index (κ2) is 5.17. The third kappa shape index (κ3) is 2.51. The number of hydrogen-bond donors (Lipinski definition) is 1. The SMILES string of the molecule is CC1CN(CC2CSc3ccccc32)CC1C(=O)O. The van der Waals surface area contributed by atoms with Crippen molar-refractivity contribution in [3.05, 3.63) is 29.8 Å². The molecule has 1 saturated heterocycles. The fraction of sp³-hybridized carbons (Fsp3) is 0.533. The topological polar surface area (TPSA) is 40.5 Å². The Hall–Kier alpha value is -1.00. The lowest BCUT2D eigenvalue weighted by Crippen LogP contribution is -2.28. The van der Waals surface area contributed by atoms with Crippen molar-refractivity contribution in [3.8, 4) is 0 Å². The molecule has 3 atom stereocenters. The zero-order valence-electron chi connectivity index (χ0n) is 11.1. The Bertz CT molecular complexity index is 491. The third-order valence-electron chi connectivity index (χ3n) is 4.28. The predicted octanol–water partition coefficient (Wildman–Crippen LogP) is 2.53. The predicted molar refractivity (Wildman–Crippen MR) is 76.6 cm³/mol. The lowest BCUT2D eigenvalue weighted by atomic mass is 9.99. The van der Waals surface area contributed by atoms with Crippen LogP contribution in [0.15, 0.2) is 29.2 Å². The number of likely N-dealkylation sites (tertiary alicyclic amines) is 1. The highest BCUT2D eigenvalue weighted by Crippen LogP contribution is 2.40. The van der Waals surface area contributed by atoms with Gasteiger partial charge in [-0.3, -0.25) is 4.79 Å². The van der Waals surface area contributed by atoms with Gasteiger partial charge in [-0.25, -0.2) is 0 Å². The summed E-state index contributed by atoms with van der Waals surface area (Å²) in [5, 5.41) is 9.19. The van der Waals surface area contributed by atoms with E-state index in [-0.39, 0.29) is 11.8 Å². The van der Waals surface area contributed by atoms with Gasteiger partial charge in [-0.05, 0) is 17.5 Å². The van der Waals surface area contributed by atoms with Crippen molar-refractivity contribution in [2.24, 2.45) is 11.8 Å². The van der Waals surface area contributed by atoms with Gasteiger partial charge in [-0.15, -0.1) is 11.8 Å². The molecule has 4 heteroatoms. The first-order valence-electron chi connectivity index (χ1n) is 6.82. The third-order valence-corrected chi connectivity index (χ3v) is 5.53. The van der Waals surface area contributed by atoms with Crippen LogP contribution >= 0.6 is 11.8 Å². The quantitative estimate of drug-likeness (QED) is 0.921. The summed E-state index contributed by atoms with van der Waals surface area (Å²) in [5.74, 6) is 1.12. The summed E-state index contributed by atoms with van der Waals surface area (Å²) in [5.41, 5.74) is 1.44. The van der Waals surface area contributed by atoms with E-state index in [0.717, 1.165) is 18.8 Å². The second-order valence-corrected chi connectivity index (χ2v) is 6.75. The van der Waals surface area contributed by atoms with Crippen LogP contribution in [0, 0.1) is 11.8 Å². The molecule has 3 nitrogen and oxygen atoms in total. The van der Waals surface area contributed by atoms with Crippen molar-refractivity contribution >= 4 is 17.7 Å². The number of thioether (sulfide) groups is 1. The van der Waals surface area contributed by atoms with Crippen LogP contribution in [-0.4, -0.2) is 41.4 Å². The van der Waals surface area contributed by atoms with Crippen molar-refractivity contribution in [2.75, 3.05) is 25.4 Å². The van der Waals surface area contributed by atoms with Crippen LogP contribution in [0.3, 0.4) is 0 Å². The monoisotopic (exact) mass is 277 g/mol. The van der Waals surface area contributed by atoms with Gasteiger partial charge in [0.2, 0.25) is 0 Å². The molecule has 2 aliphatic rings. The Labute approximate surface area is 118 Å². The second-order valence-electron chi connectivity index (χ2n) is 5.69. The summed E-state index contributed by atoms with van der Waals surface area (Å²) in [6, 6.07) is 8.60. The largest absolute Gasteiger partial charge is 0.481 e. The molecule has 102 valence electrons. The number of carboxylic acid groups (broad SMARTS) is 1. The molecule has 0 aliphatic carbocycles. The average molecular weight is 277 g/mol. The van der Waals surface area contributed by atoms with Gasteiger partial charge in [0.1, 0.15) is 0 Å². The number of hydrogen-bond acceptors (Lipinski definition) is 3. The normalized spacial score (nSPS) is 30.5. The van der Waals surface area contributed by atoms with Crippen molar-refractivity contribution in [1.29, 1.82) is 0 Å². The zero-order valence-corrected chi connectivity index (χ0v) is 11.9. The molecule has 1 aromatic carbocycles. The van der Waals surface area contributed by atoms with E-state index < -0.39 is 5.97 Å². The molecule has 2 aliphatic heterocycles. The highest BCUT2D eigenvalue weighted by molar-refractivity contribution is 7.99. The molecule has 3 unspecified atom stereocenters. The van der Waals surface area contributed by atoms with Crippen molar-refractivity contribution in [3.63, 3.8) is 0 Å². The Morgan fingerprint density at radius 1 is 1.42 bits per heavy atom. The first-order valence-corrected chi connectivity index (χ1v) is 7.80. The standard InChI is InChI=1S/C15H19NO2S/c1-10-6-16(8-13(10)15(17)18)7-11-9-19-14-5-3-2-4-12(11)14/h2-5,10-11,13H,6-9H2,1H3,(H,17,18). The molecule has 1 aromatic rings. The van der Waals surface area contributed by atoms with E-state index in [4.69, 9.17) is 0 Å². The van der Waals surface area contributed by atoms with Gasteiger partial charge in [-0.1, -0.05) is 25.1 Å². The summed E-state index contributed by atoms with van der Waals surface area (Å²) in [6.07, 6.45) is 0. The van der Waals surface area contributed by atoms with E-state index >= 15 is 0 Å². The van der Waals surface area contributed by atoms with Gasteiger partial charge in [0, 0.05) is 36.2 Å². The van der Waals surface area contributed by atoms with E-state index in [9.17, 15) is 9.90 Å². The maximum absolute atomic E-state index is 11.2. The molecule has 0 aromatic heterocycles. The lowest BCUT2D eigenvalue weighted by molar-refractivity contribution is -0.142. The first kappa shape index (κ1) is 13.0. The Balaban J connectivity index is 1.66. The lowest BCUT2D eigenvalue weighted by Gasteiger charge is -2.20. The fourth-order valence-electron chi connectivity index (χ4n) is 3.23. The Kier molecular flexibility index (Phi) is 3.54. The molecule has 1 N–H and O–H groups in total. The molecule has 2 heterocycles. The Morgan fingerprint density at radius 3 is 2.95 bits per heavy atom. The van der Waals surface area contributed by atoms with Gasteiger partial charge in [0.05, 0.1) is 5.92 Å². The number of benzene rings is 1. The van der Waals surface area contributed by atoms with Crippen LogP contribution in [0.4, 0.5) is 0 Å². The number of carboxylic acids is 1. The van der Waals surface area contributed by atoms with Crippen LogP contribution in [0.25, 0.3) is 0 Å². The number of nitrogens with zero attached hydrogens (tertiary/aromatic N) is 1. The molecular weight excluding hydrogens is 258 g/mol. The van der Waals surface area contributed by atoms with Gasteiger partial charge in [0.15, 0.2) is 0 Å². The molecule has 0 amide bonds. The highest BCUT2D eigenvalue weighted by Gasteiger charge is 2.36. The van der Waals surface area contributed by atoms with E-state index in [1.54, 1.807) is 0 Å². The van der Waals surface area contributed by atoms with E-state index in [2.05, 4.69) is 36.1 Å². The number of fused-ring (bicyclic) bond motifs is 1.